The number of rotatable bonds is 3. The molecule has 0 spiro atoms. The molecule has 0 saturated carbocycles. The molecule has 1 unspecified atom stereocenters. The number of carbonyl (C=O) groups excluding carboxylic acids is 1. The Balaban J connectivity index is 2.04. The number of piperidine rings is 1. The Bertz CT molecular complexity index is 415. The molecule has 1 aliphatic heterocycles. The Morgan fingerprint density at radius 2 is 2.33 bits per heavy atom. The maximum absolute atomic E-state index is 12.4. The van der Waals surface area contributed by atoms with Crippen LogP contribution < -0.4 is 0 Å². The van der Waals surface area contributed by atoms with Gasteiger partial charge in [0, 0.05) is 25.8 Å². The Morgan fingerprint density at radius 1 is 1.50 bits per heavy atom. The van der Waals surface area contributed by atoms with Gasteiger partial charge in [0.1, 0.15) is 0 Å². The molecule has 0 aliphatic carbocycles. The van der Waals surface area contributed by atoms with Crippen LogP contribution in [-0.2, 0) is 4.74 Å². The zero-order valence-electron chi connectivity index (χ0n) is 11.2. The fourth-order valence-corrected chi connectivity index (χ4v) is 2.58. The zero-order valence-corrected chi connectivity index (χ0v) is 11.2. The quantitative estimate of drug-likeness (QED) is 0.821. The first-order chi connectivity index (χ1) is 8.70. The highest BCUT2D eigenvalue weighted by Crippen LogP contribution is 2.19. The topological polar surface area (TPSA) is 29.5 Å². The van der Waals surface area contributed by atoms with Gasteiger partial charge in [-0.05, 0) is 37.8 Å². The first-order valence-electron chi connectivity index (χ1n) is 6.55. The van der Waals surface area contributed by atoms with E-state index in [0.29, 0.717) is 5.92 Å². The highest BCUT2D eigenvalue weighted by atomic mass is 16.5. The van der Waals surface area contributed by atoms with E-state index in [0.717, 1.165) is 43.7 Å². The first kappa shape index (κ1) is 13.1. The number of nitrogens with zero attached hydrogens (tertiary/aromatic N) is 1. The number of carbonyl (C=O) groups is 1. The molecule has 1 amide bonds. The molecule has 1 heterocycles. The van der Waals surface area contributed by atoms with Crippen LogP contribution in [0.5, 0.6) is 0 Å². The van der Waals surface area contributed by atoms with Gasteiger partial charge in [-0.25, -0.2) is 0 Å². The van der Waals surface area contributed by atoms with Crippen LogP contribution in [-0.4, -0.2) is 37.6 Å². The van der Waals surface area contributed by atoms with Gasteiger partial charge in [-0.2, -0.15) is 0 Å². The van der Waals surface area contributed by atoms with Gasteiger partial charge in [-0.3, -0.25) is 4.79 Å². The molecule has 0 aromatic heterocycles. The summed E-state index contributed by atoms with van der Waals surface area (Å²) >= 11 is 0. The standard InChI is InChI=1S/C15H21NO2/c1-12-5-3-7-14(9-12)15(17)16-8-4-6-13(10-16)11-18-2/h3,5,7,9,13H,4,6,8,10-11H2,1-2H3. The van der Waals surface area contributed by atoms with E-state index < -0.39 is 0 Å². The number of benzene rings is 1. The minimum absolute atomic E-state index is 0.152. The summed E-state index contributed by atoms with van der Waals surface area (Å²) in [6.07, 6.45) is 2.23. The molecule has 0 N–H and O–H groups in total. The van der Waals surface area contributed by atoms with E-state index in [2.05, 4.69) is 0 Å². The summed E-state index contributed by atoms with van der Waals surface area (Å²) in [5.41, 5.74) is 1.93. The maximum Gasteiger partial charge on any atom is 0.253 e. The van der Waals surface area contributed by atoms with E-state index in [1.54, 1.807) is 7.11 Å². The number of ether oxygens (including phenoxy) is 1. The second-order valence-corrected chi connectivity index (χ2v) is 5.08. The molecule has 2 rings (SSSR count). The van der Waals surface area contributed by atoms with Gasteiger partial charge in [0.2, 0.25) is 0 Å². The van der Waals surface area contributed by atoms with Crippen LogP contribution in [0.1, 0.15) is 28.8 Å². The van der Waals surface area contributed by atoms with Crippen molar-refractivity contribution in [2.75, 3.05) is 26.8 Å². The lowest BCUT2D eigenvalue weighted by molar-refractivity contribution is 0.0571. The molecule has 1 saturated heterocycles. The van der Waals surface area contributed by atoms with E-state index in [4.69, 9.17) is 4.74 Å². The zero-order chi connectivity index (χ0) is 13.0. The summed E-state index contributed by atoms with van der Waals surface area (Å²) in [6, 6.07) is 7.82. The van der Waals surface area contributed by atoms with Crippen molar-refractivity contribution in [1.29, 1.82) is 0 Å². The molecule has 1 atom stereocenters. The molecule has 1 aromatic rings. The van der Waals surface area contributed by atoms with Gasteiger partial charge in [0.15, 0.2) is 0 Å². The van der Waals surface area contributed by atoms with Gasteiger partial charge < -0.3 is 9.64 Å². The van der Waals surface area contributed by atoms with E-state index in [1.807, 2.05) is 36.1 Å². The highest BCUT2D eigenvalue weighted by Gasteiger charge is 2.24. The van der Waals surface area contributed by atoms with Crippen molar-refractivity contribution in [2.24, 2.45) is 5.92 Å². The molecule has 3 nitrogen and oxygen atoms in total. The van der Waals surface area contributed by atoms with Gasteiger partial charge in [0.05, 0.1) is 6.61 Å². The average molecular weight is 247 g/mol. The lowest BCUT2D eigenvalue weighted by Gasteiger charge is -2.32. The lowest BCUT2D eigenvalue weighted by Crippen LogP contribution is -2.41. The van der Waals surface area contributed by atoms with Crippen LogP contribution in [0.4, 0.5) is 0 Å². The molecule has 18 heavy (non-hydrogen) atoms. The summed E-state index contributed by atoms with van der Waals surface area (Å²) in [5, 5.41) is 0. The van der Waals surface area contributed by atoms with E-state index >= 15 is 0 Å². The van der Waals surface area contributed by atoms with Crippen molar-refractivity contribution >= 4 is 5.91 Å². The molecule has 3 heteroatoms. The van der Waals surface area contributed by atoms with Gasteiger partial charge >= 0.3 is 0 Å². The summed E-state index contributed by atoms with van der Waals surface area (Å²) in [6.45, 7) is 4.45. The van der Waals surface area contributed by atoms with Crippen molar-refractivity contribution in [2.45, 2.75) is 19.8 Å². The molecule has 1 fully saturated rings. The SMILES string of the molecule is COCC1CCCN(C(=O)c2cccc(C)c2)C1. The Hall–Kier alpha value is -1.35. The number of amides is 1. The number of methoxy groups -OCH3 is 1. The predicted molar refractivity (Wildman–Crippen MR) is 71.7 cm³/mol. The Kier molecular flexibility index (Phi) is 4.37. The number of hydrogen-bond donors (Lipinski definition) is 0. The fraction of sp³-hybridized carbons (Fsp3) is 0.533. The summed E-state index contributed by atoms with van der Waals surface area (Å²) in [7, 11) is 1.72. The Labute approximate surface area is 109 Å². The fourth-order valence-electron chi connectivity index (χ4n) is 2.58. The van der Waals surface area contributed by atoms with Crippen molar-refractivity contribution in [3.05, 3.63) is 35.4 Å². The molecule has 98 valence electrons. The number of hydrogen-bond acceptors (Lipinski definition) is 2. The van der Waals surface area contributed by atoms with Crippen LogP contribution in [0.15, 0.2) is 24.3 Å². The minimum atomic E-state index is 0.152. The Morgan fingerprint density at radius 3 is 3.06 bits per heavy atom. The van der Waals surface area contributed by atoms with E-state index in [1.165, 1.54) is 0 Å². The second kappa shape index (κ2) is 6.01. The minimum Gasteiger partial charge on any atom is -0.384 e. The van der Waals surface area contributed by atoms with Crippen LogP contribution in [0.2, 0.25) is 0 Å². The van der Waals surface area contributed by atoms with Gasteiger partial charge in [-0.15, -0.1) is 0 Å². The van der Waals surface area contributed by atoms with Gasteiger partial charge in [0.25, 0.3) is 5.91 Å². The van der Waals surface area contributed by atoms with Crippen LogP contribution in [0, 0.1) is 12.8 Å². The van der Waals surface area contributed by atoms with Gasteiger partial charge in [-0.1, -0.05) is 17.7 Å². The largest absolute Gasteiger partial charge is 0.384 e. The summed E-state index contributed by atoms with van der Waals surface area (Å²) in [4.78, 5) is 14.3. The van der Waals surface area contributed by atoms with Crippen LogP contribution in [0.25, 0.3) is 0 Å². The normalized spacial score (nSPS) is 19.9. The van der Waals surface area contributed by atoms with Crippen LogP contribution >= 0.6 is 0 Å². The number of likely N-dealkylation sites (tertiary alicyclic amines) is 1. The summed E-state index contributed by atoms with van der Waals surface area (Å²) < 4.78 is 5.20. The van der Waals surface area contributed by atoms with Crippen molar-refractivity contribution < 1.29 is 9.53 Å². The molecule has 1 aliphatic rings. The molecule has 0 bridgehead atoms. The molecule has 0 radical (unpaired) electrons. The average Bonchev–Trinajstić information content (AvgIpc) is 2.39. The van der Waals surface area contributed by atoms with Crippen molar-refractivity contribution in [1.82, 2.24) is 4.90 Å². The van der Waals surface area contributed by atoms with E-state index in [9.17, 15) is 4.79 Å². The third-order valence-corrected chi connectivity index (χ3v) is 3.47. The third-order valence-electron chi connectivity index (χ3n) is 3.47. The molecule has 1 aromatic carbocycles. The lowest BCUT2D eigenvalue weighted by atomic mass is 9.98. The highest BCUT2D eigenvalue weighted by molar-refractivity contribution is 5.94. The number of aryl methyl sites for hydroxylation is 1. The predicted octanol–water partition coefficient (Wildman–Crippen LogP) is 2.49. The smallest absolute Gasteiger partial charge is 0.253 e. The van der Waals surface area contributed by atoms with E-state index in [-0.39, 0.29) is 5.91 Å². The van der Waals surface area contributed by atoms with Crippen LogP contribution in [0.3, 0.4) is 0 Å². The molecular formula is C15H21NO2. The third kappa shape index (κ3) is 3.10. The van der Waals surface area contributed by atoms with Crippen molar-refractivity contribution in [3.63, 3.8) is 0 Å². The van der Waals surface area contributed by atoms with Crippen molar-refractivity contribution in [3.8, 4) is 0 Å². The first-order valence-corrected chi connectivity index (χ1v) is 6.55. The maximum atomic E-state index is 12.4. The monoisotopic (exact) mass is 247 g/mol. The molecular weight excluding hydrogens is 226 g/mol. The second-order valence-electron chi connectivity index (χ2n) is 5.08. The summed E-state index contributed by atoms with van der Waals surface area (Å²) in [5.74, 6) is 0.636.